The van der Waals surface area contributed by atoms with Gasteiger partial charge in [0.2, 0.25) is 0 Å². The van der Waals surface area contributed by atoms with Crippen LogP contribution >= 0.6 is 0 Å². The minimum atomic E-state index is 0.300. The zero-order chi connectivity index (χ0) is 9.97. The molecule has 2 heterocycles. The third kappa shape index (κ3) is 1.66. The van der Waals surface area contributed by atoms with Crippen LogP contribution in [0, 0.1) is 0 Å². The molecule has 0 bridgehead atoms. The monoisotopic (exact) mass is 194 g/mol. The SMILES string of the molecule is CNC(C)c1nnc2n1CCCCC2. The molecule has 1 N–H and O–H groups in total. The molecule has 0 aromatic carbocycles. The second-order valence-electron chi connectivity index (χ2n) is 3.95. The van der Waals surface area contributed by atoms with E-state index in [1.165, 1.54) is 25.1 Å². The van der Waals surface area contributed by atoms with Gasteiger partial charge in [0.15, 0.2) is 0 Å². The first kappa shape index (κ1) is 9.65. The van der Waals surface area contributed by atoms with Crippen LogP contribution in [0.1, 0.15) is 43.9 Å². The molecular weight excluding hydrogens is 176 g/mol. The number of hydrogen-bond acceptors (Lipinski definition) is 3. The van der Waals surface area contributed by atoms with Crippen LogP contribution in [-0.2, 0) is 13.0 Å². The number of aryl methyl sites for hydroxylation is 1. The minimum absolute atomic E-state index is 0.300. The van der Waals surface area contributed by atoms with Crippen molar-refractivity contribution in [3.05, 3.63) is 11.6 Å². The number of nitrogens with zero attached hydrogens (tertiary/aromatic N) is 3. The molecule has 1 unspecified atom stereocenters. The van der Waals surface area contributed by atoms with E-state index in [2.05, 4.69) is 27.0 Å². The Hall–Kier alpha value is -0.900. The molecule has 0 saturated carbocycles. The van der Waals surface area contributed by atoms with Crippen LogP contribution in [0.4, 0.5) is 0 Å². The highest BCUT2D eigenvalue weighted by atomic mass is 15.3. The lowest BCUT2D eigenvalue weighted by atomic mass is 10.2. The fraction of sp³-hybridized carbons (Fsp3) is 0.800. The molecule has 1 aromatic heterocycles. The highest BCUT2D eigenvalue weighted by molar-refractivity contribution is 5.01. The summed E-state index contributed by atoms with van der Waals surface area (Å²) in [6, 6.07) is 0.300. The fourth-order valence-electron chi connectivity index (χ4n) is 1.96. The third-order valence-corrected chi connectivity index (χ3v) is 2.96. The lowest BCUT2D eigenvalue weighted by Gasteiger charge is -2.12. The summed E-state index contributed by atoms with van der Waals surface area (Å²) < 4.78 is 2.29. The van der Waals surface area contributed by atoms with Gasteiger partial charge in [-0.15, -0.1) is 10.2 Å². The first-order chi connectivity index (χ1) is 6.83. The van der Waals surface area contributed by atoms with Gasteiger partial charge in [0.1, 0.15) is 11.6 Å². The van der Waals surface area contributed by atoms with Crippen LogP contribution in [0.3, 0.4) is 0 Å². The molecule has 0 fully saturated rings. The normalized spacial score (nSPS) is 18.7. The first-order valence-electron chi connectivity index (χ1n) is 5.42. The minimum Gasteiger partial charge on any atom is -0.314 e. The van der Waals surface area contributed by atoms with Gasteiger partial charge in [0.25, 0.3) is 0 Å². The van der Waals surface area contributed by atoms with Gasteiger partial charge < -0.3 is 9.88 Å². The summed E-state index contributed by atoms with van der Waals surface area (Å²) in [6.45, 7) is 3.21. The highest BCUT2D eigenvalue weighted by Crippen LogP contribution is 2.17. The molecule has 1 aliphatic rings. The molecule has 4 heteroatoms. The van der Waals surface area contributed by atoms with Crippen molar-refractivity contribution in [3.63, 3.8) is 0 Å². The van der Waals surface area contributed by atoms with Crippen molar-refractivity contribution in [2.45, 2.75) is 45.2 Å². The van der Waals surface area contributed by atoms with Gasteiger partial charge in [-0.3, -0.25) is 0 Å². The number of rotatable bonds is 2. The molecule has 4 nitrogen and oxygen atoms in total. The number of fused-ring (bicyclic) bond motifs is 1. The molecular formula is C10H18N4. The molecule has 0 amide bonds. The molecule has 78 valence electrons. The molecule has 1 aliphatic heterocycles. The lowest BCUT2D eigenvalue weighted by Crippen LogP contribution is -2.18. The van der Waals surface area contributed by atoms with E-state index in [0.29, 0.717) is 6.04 Å². The number of nitrogens with one attached hydrogen (secondary N) is 1. The largest absolute Gasteiger partial charge is 0.314 e. The molecule has 1 atom stereocenters. The summed E-state index contributed by atoms with van der Waals surface area (Å²) in [5, 5.41) is 11.7. The quantitative estimate of drug-likeness (QED) is 0.771. The Morgan fingerprint density at radius 3 is 2.93 bits per heavy atom. The lowest BCUT2D eigenvalue weighted by molar-refractivity contribution is 0.536. The van der Waals surface area contributed by atoms with Gasteiger partial charge in [-0.05, 0) is 26.8 Å². The first-order valence-corrected chi connectivity index (χ1v) is 5.42. The van der Waals surface area contributed by atoms with Crippen molar-refractivity contribution in [1.29, 1.82) is 0 Å². The summed E-state index contributed by atoms with van der Waals surface area (Å²) in [6.07, 6.45) is 4.92. The zero-order valence-electron chi connectivity index (χ0n) is 8.95. The summed E-state index contributed by atoms with van der Waals surface area (Å²) in [4.78, 5) is 0. The van der Waals surface area contributed by atoms with E-state index in [1.807, 2.05) is 7.05 Å². The summed E-state index contributed by atoms with van der Waals surface area (Å²) in [7, 11) is 1.96. The van der Waals surface area contributed by atoms with Gasteiger partial charge in [0, 0.05) is 13.0 Å². The molecule has 0 radical (unpaired) electrons. The highest BCUT2D eigenvalue weighted by Gasteiger charge is 2.17. The van der Waals surface area contributed by atoms with E-state index in [-0.39, 0.29) is 0 Å². The maximum Gasteiger partial charge on any atom is 0.149 e. The molecule has 0 aliphatic carbocycles. The topological polar surface area (TPSA) is 42.7 Å². The Balaban J connectivity index is 2.29. The predicted molar refractivity (Wildman–Crippen MR) is 55.1 cm³/mol. The Morgan fingerprint density at radius 2 is 2.14 bits per heavy atom. The van der Waals surface area contributed by atoms with E-state index in [9.17, 15) is 0 Å². The van der Waals surface area contributed by atoms with Gasteiger partial charge in [-0.2, -0.15) is 0 Å². The molecule has 0 saturated heterocycles. The van der Waals surface area contributed by atoms with Crippen LogP contribution in [0.5, 0.6) is 0 Å². The van der Waals surface area contributed by atoms with Gasteiger partial charge in [-0.1, -0.05) is 6.42 Å². The third-order valence-electron chi connectivity index (χ3n) is 2.96. The summed E-state index contributed by atoms with van der Waals surface area (Å²) >= 11 is 0. The van der Waals surface area contributed by atoms with E-state index >= 15 is 0 Å². The van der Waals surface area contributed by atoms with Crippen molar-refractivity contribution in [1.82, 2.24) is 20.1 Å². The number of hydrogen-bond donors (Lipinski definition) is 1. The Bertz CT molecular complexity index is 305. The van der Waals surface area contributed by atoms with E-state index in [0.717, 1.165) is 18.8 Å². The maximum atomic E-state index is 4.26. The predicted octanol–water partition coefficient (Wildman–Crippen LogP) is 1.28. The van der Waals surface area contributed by atoms with Crippen LogP contribution in [0.25, 0.3) is 0 Å². The van der Waals surface area contributed by atoms with Crippen molar-refractivity contribution in [2.24, 2.45) is 0 Å². The van der Waals surface area contributed by atoms with Gasteiger partial charge in [0.05, 0.1) is 6.04 Å². The fourth-order valence-corrected chi connectivity index (χ4v) is 1.96. The maximum absolute atomic E-state index is 4.26. The van der Waals surface area contributed by atoms with Crippen LogP contribution < -0.4 is 5.32 Å². The second kappa shape index (κ2) is 4.09. The van der Waals surface area contributed by atoms with Gasteiger partial charge >= 0.3 is 0 Å². The number of aromatic nitrogens is 3. The Morgan fingerprint density at radius 1 is 1.29 bits per heavy atom. The van der Waals surface area contributed by atoms with Crippen LogP contribution in [0.15, 0.2) is 0 Å². The molecule has 14 heavy (non-hydrogen) atoms. The summed E-state index contributed by atoms with van der Waals surface area (Å²) in [5.41, 5.74) is 0. The van der Waals surface area contributed by atoms with E-state index in [4.69, 9.17) is 0 Å². The van der Waals surface area contributed by atoms with Crippen LogP contribution in [-0.4, -0.2) is 21.8 Å². The Labute approximate surface area is 84.7 Å². The Kier molecular flexibility index (Phi) is 2.82. The van der Waals surface area contributed by atoms with E-state index in [1.54, 1.807) is 0 Å². The standard InChI is InChI=1S/C10H18N4/c1-8(11-2)10-13-12-9-6-4-3-5-7-14(9)10/h8,11H,3-7H2,1-2H3. The molecule has 2 rings (SSSR count). The average molecular weight is 194 g/mol. The smallest absolute Gasteiger partial charge is 0.149 e. The van der Waals surface area contributed by atoms with Crippen molar-refractivity contribution >= 4 is 0 Å². The van der Waals surface area contributed by atoms with Crippen molar-refractivity contribution < 1.29 is 0 Å². The summed E-state index contributed by atoms with van der Waals surface area (Å²) in [5.74, 6) is 2.25. The second-order valence-corrected chi connectivity index (χ2v) is 3.95. The average Bonchev–Trinajstić information content (AvgIpc) is 2.46. The van der Waals surface area contributed by atoms with E-state index < -0.39 is 0 Å². The zero-order valence-corrected chi connectivity index (χ0v) is 8.95. The molecule has 0 spiro atoms. The van der Waals surface area contributed by atoms with Crippen molar-refractivity contribution in [3.8, 4) is 0 Å². The van der Waals surface area contributed by atoms with Gasteiger partial charge in [-0.25, -0.2) is 0 Å². The van der Waals surface area contributed by atoms with Crippen LogP contribution in [0.2, 0.25) is 0 Å². The molecule has 1 aromatic rings. The van der Waals surface area contributed by atoms with Crippen molar-refractivity contribution in [2.75, 3.05) is 7.05 Å².